The van der Waals surface area contributed by atoms with Crippen molar-refractivity contribution in [2.24, 2.45) is 0 Å². The minimum atomic E-state index is -1.24. The van der Waals surface area contributed by atoms with Crippen LogP contribution in [-0.4, -0.2) is 29.4 Å². The monoisotopic (exact) mass is 307 g/mol. The number of carboxylic acid groups (broad SMARTS) is 1. The molecule has 5 nitrogen and oxygen atoms in total. The number of hydrogen-bond acceptors (Lipinski definition) is 3. The lowest BCUT2D eigenvalue weighted by Crippen LogP contribution is -2.28. The zero-order valence-electron chi connectivity index (χ0n) is 11.4. The Morgan fingerprint density at radius 1 is 1.24 bits per heavy atom. The summed E-state index contributed by atoms with van der Waals surface area (Å²) < 4.78 is 6.38. The van der Waals surface area contributed by atoms with Crippen LogP contribution < -0.4 is 5.56 Å². The van der Waals surface area contributed by atoms with Crippen molar-refractivity contribution in [3.63, 3.8) is 0 Å². The Labute approximate surface area is 126 Å². The van der Waals surface area contributed by atoms with Gasteiger partial charge in [0.05, 0.1) is 12.3 Å². The minimum absolute atomic E-state index is 0.260. The average Bonchev–Trinajstić information content (AvgIpc) is 2.46. The molecule has 0 unspecified atom stereocenters. The average molecular weight is 308 g/mol. The van der Waals surface area contributed by atoms with Crippen LogP contribution in [0.1, 0.15) is 10.4 Å². The fourth-order valence-electron chi connectivity index (χ4n) is 2.02. The van der Waals surface area contributed by atoms with Crippen molar-refractivity contribution in [2.75, 3.05) is 13.7 Å². The van der Waals surface area contributed by atoms with Crippen molar-refractivity contribution >= 4 is 17.6 Å². The number of carboxylic acids is 1. The summed E-state index contributed by atoms with van der Waals surface area (Å²) in [6.45, 7) is 0.581. The molecule has 0 bridgehead atoms. The van der Waals surface area contributed by atoms with Gasteiger partial charge in [-0.3, -0.25) is 4.79 Å². The largest absolute Gasteiger partial charge is 0.477 e. The second kappa shape index (κ2) is 6.56. The number of benzene rings is 1. The summed E-state index contributed by atoms with van der Waals surface area (Å²) in [5.41, 5.74) is 0.596. The molecule has 2 aromatic rings. The molecule has 0 spiro atoms. The Hall–Kier alpha value is -2.11. The first-order valence-electron chi connectivity index (χ1n) is 6.26. The molecule has 0 saturated carbocycles. The number of nitrogens with zero attached hydrogens (tertiary/aromatic N) is 1. The van der Waals surface area contributed by atoms with E-state index in [2.05, 4.69) is 0 Å². The van der Waals surface area contributed by atoms with Gasteiger partial charge in [0.2, 0.25) is 0 Å². The summed E-state index contributed by atoms with van der Waals surface area (Å²) in [6.07, 6.45) is 0. The topological polar surface area (TPSA) is 68.5 Å². The van der Waals surface area contributed by atoms with Gasteiger partial charge in [0.25, 0.3) is 5.56 Å². The van der Waals surface area contributed by atoms with Crippen LogP contribution in [0.15, 0.2) is 41.2 Å². The predicted octanol–water partition coefficient (Wildman–Crippen LogP) is 2.51. The Kier molecular flexibility index (Phi) is 4.77. The van der Waals surface area contributed by atoms with Crippen molar-refractivity contribution in [2.45, 2.75) is 6.54 Å². The van der Waals surface area contributed by atoms with E-state index in [1.165, 1.54) is 17.7 Å². The lowest BCUT2D eigenvalue weighted by Gasteiger charge is -2.13. The lowest BCUT2D eigenvalue weighted by molar-refractivity contribution is 0.0694. The van der Waals surface area contributed by atoms with Crippen LogP contribution in [0.3, 0.4) is 0 Å². The van der Waals surface area contributed by atoms with Gasteiger partial charge in [-0.25, -0.2) is 4.79 Å². The molecular formula is C15H14ClNO4. The van der Waals surface area contributed by atoms with Gasteiger partial charge in [-0.15, -0.1) is 0 Å². The predicted molar refractivity (Wildman–Crippen MR) is 80.0 cm³/mol. The van der Waals surface area contributed by atoms with Gasteiger partial charge in [-0.1, -0.05) is 23.7 Å². The summed E-state index contributed by atoms with van der Waals surface area (Å²) in [7, 11) is 1.52. The molecule has 1 heterocycles. The lowest BCUT2D eigenvalue weighted by atomic mass is 10.1. The van der Waals surface area contributed by atoms with Crippen molar-refractivity contribution < 1.29 is 14.6 Å². The van der Waals surface area contributed by atoms with Crippen molar-refractivity contribution in [3.05, 3.63) is 57.3 Å². The molecule has 0 fully saturated rings. The van der Waals surface area contributed by atoms with Crippen LogP contribution in [0.4, 0.5) is 0 Å². The first-order chi connectivity index (χ1) is 10.0. The molecule has 6 heteroatoms. The summed E-state index contributed by atoms with van der Waals surface area (Å²) in [5.74, 6) is -1.24. The maximum Gasteiger partial charge on any atom is 0.341 e. The number of pyridine rings is 1. The first-order valence-corrected chi connectivity index (χ1v) is 6.64. The van der Waals surface area contributed by atoms with E-state index in [1.54, 1.807) is 30.3 Å². The highest BCUT2D eigenvalue weighted by Gasteiger charge is 2.14. The molecule has 21 heavy (non-hydrogen) atoms. The van der Waals surface area contributed by atoms with Gasteiger partial charge < -0.3 is 14.4 Å². The van der Waals surface area contributed by atoms with E-state index in [0.29, 0.717) is 17.3 Å². The molecule has 0 radical (unpaired) electrons. The number of hydrogen-bond donors (Lipinski definition) is 1. The minimum Gasteiger partial charge on any atom is -0.477 e. The van der Waals surface area contributed by atoms with Crippen molar-refractivity contribution in [1.29, 1.82) is 0 Å². The highest BCUT2D eigenvalue weighted by atomic mass is 35.5. The van der Waals surface area contributed by atoms with Crippen LogP contribution in [0, 0.1) is 0 Å². The Bertz CT molecular complexity index is 707. The second-order valence-corrected chi connectivity index (χ2v) is 4.83. The molecule has 0 saturated heterocycles. The van der Waals surface area contributed by atoms with E-state index < -0.39 is 11.5 Å². The van der Waals surface area contributed by atoms with Gasteiger partial charge in [-0.05, 0) is 29.8 Å². The van der Waals surface area contributed by atoms with Crippen LogP contribution in [0.5, 0.6) is 0 Å². The third-order valence-electron chi connectivity index (χ3n) is 3.06. The number of carbonyl (C=O) groups is 1. The molecule has 0 aliphatic heterocycles. The number of rotatable bonds is 5. The summed E-state index contributed by atoms with van der Waals surface area (Å²) in [4.78, 5) is 23.4. The fourth-order valence-corrected chi connectivity index (χ4v) is 2.14. The Morgan fingerprint density at radius 2 is 1.90 bits per heavy atom. The maximum absolute atomic E-state index is 12.3. The second-order valence-electron chi connectivity index (χ2n) is 4.39. The third kappa shape index (κ3) is 3.32. The van der Waals surface area contributed by atoms with E-state index in [4.69, 9.17) is 21.4 Å². The van der Waals surface area contributed by atoms with Gasteiger partial charge in [-0.2, -0.15) is 0 Å². The number of methoxy groups -OCH3 is 1. The van der Waals surface area contributed by atoms with Crippen molar-refractivity contribution in [3.8, 4) is 11.3 Å². The van der Waals surface area contributed by atoms with Crippen LogP contribution in [0.25, 0.3) is 11.3 Å². The molecule has 1 aromatic carbocycles. The highest BCUT2D eigenvalue weighted by Crippen LogP contribution is 2.21. The van der Waals surface area contributed by atoms with Crippen LogP contribution in [-0.2, 0) is 11.3 Å². The molecule has 0 atom stereocenters. The molecule has 1 aromatic heterocycles. The molecule has 110 valence electrons. The van der Waals surface area contributed by atoms with E-state index >= 15 is 0 Å². The summed E-state index contributed by atoms with van der Waals surface area (Å²) in [6, 6.07) is 9.92. The smallest absolute Gasteiger partial charge is 0.341 e. The van der Waals surface area contributed by atoms with Gasteiger partial charge in [0, 0.05) is 18.7 Å². The SMILES string of the molecule is COCCn1c(-c2ccc(Cl)cc2)ccc(C(=O)O)c1=O. The fraction of sp³-hybridized carbons (Fsp3) is 0.200. The summed E-state index contributed by atoms with van der Waals surface area (Å²) >= 11 is 5.85. The van der Waals surface area contributed by atoms with Crippen LogP contribution >= 0.6 is 11.6 Å². The number of halogens is 1. The zero-order chi connectivity index (χ0) is 15.4. The standard InChI is InChI=1S/C15H14ClNO4/c1-21-9-8-17-13(10-2-4-11(16)5-3-10)7-6-12(14(17)18)15(19)20/h2-7H,8-9H2,1H3,(H,19,20). The first kappa shape index (κ1) is 15.3. The summed E-state index contributed by atoms with van der Waals surface area (Å²) in [5, 5.41) is 9.64. The van der Waals surface area contributed by atoms with Gasteiger partial charge in [0.15, 0.2) is 0 Å². The molecule has 0 amide bonds. The molecular weight excluding hydrogens is 294 g/mol. The number of aromatic carboxylic acids is 1. The number of aromatic nitrogens is 1. The van der Waals surface area contributed by atoms with Crippen LogP contribution in [0.2, 0.25) is 5.02 Å². The highest BCUT2D eigenvalue weighted by molar-refractivity contribution is 6.30. The van der Waals surface area contributed by atoms with E-state index in [9.17, 15) is 9.59 Å². The quantitative estimate of drug-likeness (QED) is 0.921. The Balaban J connectivity index is 2.59. The van der Waals surface area contributed by atoms with E-state index in [1.807, 2.05) is 0 Å². The Morgan fingerprint density at radius 3 is 2.48 bits per heavy atom. The third-order valence-corrected chi connectivity index (χ3v) is 3.32. The van der Waals surface area contributed by atoms with Gasteiger partial charge in [0.1, 0.15) is 5.56 Å². The maximum atomic E-state index is 12.3. The molecule has 2 rings (SSSR count). The number of ether oxygens (including phenoxy) is 1. The zero-order valence-corrected chi connectivity index (χ0v) is 12.1. The van der Waals surface area contributed by atoms with E-state index in [0.717, 1.165) is 5.56 Å². The van der Waals surface area contributed by atoms with Crippen molar-refractivity contribution in [1.82, 2.24) is 4.57 Å². The molecule has 1 N–H and O–H groups in total. The molecule has 0 aliphatic carbocycles. The van der Waals surface area contributed by atoms with Gasteiger partial charge >= 0.3 is 5.97 Å². The van der Waals surface area contributed by atoms with E-state index in [-0.39, 0.29) is 12.1 Å². The molecule has 0 aliphatic rings. The normalized spacial score (nSPS) is 10.6.